The van der Waals surface area contributed by atoms with Gasteiger partial charge in [-0.2, -0.15) is 0 Å². The number of morpholine rings is 1. The van der Waals surface area contributed by atoms with Crippen LogP contribution in [0.4, 0.5) is 4.39 Å². The Balaban J connectivity index is 1.46. The summed E-state index contributed by atoms with van der Waals surface area (Å²) in [5.41, 5.74) is 1.30. The maximum absolute atomic E-state index is 14.8. The van der Waals surface area contributed by atoms with Crippen molar-refractivity contribution in [3.8, 4) is 0 Å². The Hall–Kier alpha value is -2.48. The average molecular weight is 488 g/mol. The van der Waals surface area contributed by atoms with Crippen molar-refractivity contribution in [1.82, 2.24) is 15.1 Å². The topological polar surface area (TPSA) is 61.9 Å². The summed E-state index contributed by atoms with van der Waals surface area (Å²) in [6.07, 6.45) is 1.66. The molecule has 2 aliphatic rings. The Kier molecular flexibility index (Phi) is 8.19. The fraction of sp³-hybridized carbons (Fsp3) is 0.462. The summed E-state index contributed by atoms with van der Waals surface area (Å²) in [6.45, 7) is 4.48. The molecule has 2 aliphatic heterocycles. The Bertz CT molecular complexity index is 986. The van der Waals surface area contributed by atoms with Gasteiger partial charge < -0.3 is 15.0 Å². The van der Waals surface area contributed by atoms with Crippen LogP contribution in [0.15, 0.2) is 48.5 Å². The van der Waals surface area contributed by atoms with Gasteiger partial charge in [-0.3, -0.25) is 14.5 Å². The SMILES string of the molecule is CC1CN(C(CNC(=O)C2CCCN2C(=O)Cc2ccccc2)c2c(F)cccc2Cl)CCO1. The molecule has 8 heteroatoms. The first-order valence-corrected chi connectivity index (χ1v) is 12.2. The standard InChI is InChI=1S/C26H31ClFN3O3/c1-18-17-30(13-14-34-18)23(25-20(27)9-5-10-21(25)28)16-29-26(33)22-11-6-12-31(22)24(32)15-19-7-3-2-4-8-19/h2-5,7-10,18,22-23H,6,11-17H2,1H3,(H,29,33). The highest BCUT2D eigenvalue weighted by atomic mass is 35.5. The molecule has 0 radical (unpaired) electrons. The first kappa shape index (κ1) is 24.6. The summed E-state index contributed by atoms with van der Waals surface area (Å²) in [5.74, 6) is -0.663. The van der Waals surface area contributed by atoms with Crippen LogP contribution in [-0.2, 0) is 20.7 Å². The van der Waals surface area contributed by atoms with Gasteiger partial charge in [0, 0.05) is 36.8 Å². The predicted octanol–water partition coefficient (Wildman–Crippen LogP) is 3.59. The normalized spacial score (nSPS) is 21.9. The van der Waals surface area contributed by atoms with Crippen LogP contribution >= 0.6 is 11.6 Å². The van der Waals surface area contributed by atoms with E-state index in [1.807, 2.05) is 37.3 Å². The van der Waals surface area contributed by atoms with E-state index in [4.69, 9.17) is 16.3 Å². The number of amides is 2. The molecule has 2 amide bonds. The number of ether oxygens (including phenoxy) is 1. The van der Waals surface area contributed by atoms with Crippen LogP contribution in [0.25, 0.3) is 0 Å². The summed E-state index contributed by atoms with van der Waals surface area (Å²) >= 11 is 6.40. The molecule has 2 aromatic carbocycles. The maximum atomic E-state index is 14.8. The summed E-state index contributed by atoms with van der Waals surface area (Å²) in [6, 6.07) is 13.2. The van der Waals surface area contributed by atoms with E-state index in [0.717, 1.165) is 12.0 Å². The quantitative estimate of drug-likeness (QED) is 0.648. The first-order chi connectivity index (χ1) is 16.4. The van der Waals surface area contributed by atoms with Crippen LogP contribution in [0.2, 0.25) is 5.02 Å². The number of benzene rings is 2. The van der Waals surface area contributed by atoms with Crippen LogP contribution in [0.1, 0.15) is 36.9 Å². The zero-order chi connectivity index (χ0) is 24.1. The lowest BCUT2D eigenvalue weighted by molar-refractivity contribution is -0.138. The molecule has 4 rings (SSSR count). The second kappa shape index (κ2) is 11.3. The Morgan fingerprint density at radius 3 is 2.71 bits per heavy atom. The van der Waals surface area contributed by atoms with Gasteiger partial charge in [0.25, 0.3) is 0 Å². The molecule has 2 aromatic rings. The van der Waals surface area contributed by atoms with Crippen LogP contribution in [-0.4, -0.2) is 66.5 Å². The Morgan fingerprint density at radius 1 is 1.18 bits per heavy atom. The third-order valence-electron chi connectivity index (χ3n) is 6.59. The van der Waals surface area contributed by atoms with Crippen molar-refractivity contribution in [3.63, 3.8) is 0 Å². The van der Waals surface area contributed by atoms with Crippen LogP contribution in [0.3, 0.4) is 0 Å². The van der Waals surface area contributed by atoms with Gasteiger partial charge in [-0.25, -0.2) is 4.39 Å². The fourth-order valence-electron chi connectivity index (χ4n) is 4.90. The van der Waals surface area contributed by atoms with E-state index in [9.17, 15) is 14.0 Å². The number of carbonyl (C=O) groups excluding carboxylic acids is 2. The van der Waals surface area contributed by atoms with E-state index in [1.165, 1.54) is 6.07 Å². The van der Waals surface area contributed by atoms with Gasteiger partial charge in [0.05, 0.1) is 25.2 Å². The van der Waals surface area contributed by atoms with E-state index < -0.39 is 17.9 Å². The molecule has 0 bridgehead atoms. The van der Waals surface area contributed by atoms with E-state index in [2.05, 4.69) is 10.2 Å². The van der Waals surface area contributed by atoms with E-state index in [0.29, 0.717) is 43.2 Å². The van der Waals surface area contributed by atoms with Crippen molar-refractivity contribution in [1.29, 1.82) is 0 Å². The largest absolute Gasteiger partial charge is 0.376 e. The average Bonchev–Trinajstić information content (AvgIpc) is 3.32. The highest BCUT2D eigenvalue weighted by Gasteiger charge is 2.35. The summed E-state index contributed by atoms with van der Waals surface area (Å²) < 4.78 is 20.5. The molecule has 2 fully saturated rings. The molecule has 2 saturated heterocycles. The van der Waals surface area contributed by atoms with E-state index in [-0.39, 0.29) is 30.9 Å². The number of halogens is 2. The zero-order valence-electron chi connectivity index (χ0n) is 19.4. The second-order valence-corrected chi connectivity index (χ2v) is 9.39. The number of nitrogens with zero attached hydrogens (tertiary/aromatic N) is 2. The first-order valence-electron chi connectivity index (χ1n) is 11.8. The monoisotopic (exact) mass is 487 g/mol. The molecule has 0 saturated carbocycles. The minimum atomic E-state index is -0.517. The lowest BCUT2D eigenvalue weighted by Crippen LogP contribution is -2.50. The number of nitrogens with one attached hydrogen (secondary N) is 1. The minimum absolute atomic E-state index is 0.00145. The van der Waals surface area contributed by atoms with Gasteiger partial charge in [-0.1, -0.05) is 48.0 Å². The molecule has 3 atom stereocenters. The number of rotatable bonds is 7. The molecule has 6 nitrogen and oxygen atoms in total. The lowest BCUT2D eigenvalue weighted by atomic mass is 10.0. The molecule has 2 heterocycles. The smallest absolute Gasteiger partial charge is 0.242 e. The number of carbonyl (C=O) groups is 2. The Morgan fingerprint density at radius 2 is 1.97 bits per heavy atom. The fourth-order valence-corrected chi connectivity index (χ4v) is 5.19. The van der Waals surface area contributed by atoms with E-state index >= 15 is 0 Å². The van der Waals surface area contributed by atoms with Crippen molar-refractivity contribution in [2.24, 2.45) is 0 Å². The molecule has 34 heavy (non-hydrogen) atoms. The summed E-state index contributed by atoms with van der Waals surface area (Å²) in [4.78, 5) is 29.9. The van der Waals surface area contributed by atoms with E-state index in [1.54, 1.807) is 17.0 Å². The summed E-state index contributed by atoms with van der Waals surface area (Å²) in [7, 11) is 0. The zero-order valence-corrected chi connectivity index (χ0v) is 20.1. The van der Waals surface area contributed by atoms with Crippen molar-refractivity contribution < 1.29 is 18.7 Å². The molecular formula is C26H31ClFN3O3. The van der Waals surface area contributed by atoms with Gasteiger partial charge >= 0.3 is 0 Å². The summed E-state index contributed by atoms with van der Waals surface area (Å²) in [5, 5.41) is 3.33. The van der Waals surface area contributed by atoms with Gasteiger partial charge in [0.15, 0.2) is 0 Å². The molecule has 1 N–H and O–H groups in total. The molecular weight excluding hydrogens is 457 g/mol. The molecule has 0 aliphatic carbocycles. The van der Waals surface area contributed by atoms with Crippen LogP contribution in [0.5, 0.6) is 0 Å². The third-order valence-corrected chi connectivity index (χ3v) is 6.92. The maximum Gasteiger partial charge on any atom is 0.242 e. The molecule has 3 unspecified atom stereocenters. The number of likely N-dealkylation sites (tertiary alicyclic amines) is 1. The predicted molar refractivity (Wildman–Crippen MR) is 129 cm³/mol. The van der Waals surface area contributed by atoms with Crippen LogP contribution < -0.4 is 5.32 Å². The number of hydrogen-bond acceptors (Lipinski definition) is 4. The highest BCUT2D eigenvalue weighted by molar-refractivity contribution is 6.31. The minimum Gasteiger partial charge on any atom is -0.376 e. The van der Waals surface area contributed by atoms with Gasteiger partial charge in [-0.15, -0.1) is 0 Å². The van der Waals surface area contributed by atoms with Crippen molar-refractivity contribution in [2.75, 3.05) is 32.8 Å². The second-order valence-electron chi connectivity index (χ2n) is 8.98. The van der Waals surface area contributed by atoms with Crippen LogP contribution in [0, 0.1) is 5.82 Å². The Labute approximate surface area is 205 Å². The molecule has 182 valence electrons. The molecule has 0 spiro atoms. The lowest BCUT2D eigenvalue weighted by Gasteiger charge is -2.38. The van der Waals surface area contributed by atoms with Crippen molar-refractivity contribution >= 4 is 23.4 Å². The van der Waals surface area contributed by atoms with Crippen molar-refractivity contribution in [2.45, 2.75) is 44.4 Å². The highest BCUT2D eigenvalue weighted by Crippen LogP contribution is 2.31. The third kappa shape index (κ3) is 5.77. The van der Waals surface area contributed by atoms with Gasteiger partial charge in [0.2, 0.25) is 11.8 Å². The van der Waals surface area contributed by atoms with Gasteiger partial charge in [-0.05, 0) is 37.5 Å². The van der Waals surface area contributed by atoms with Gasteiger partial charge in [0.1, 0.15) is 11.9 Å². The van der Waals surface area contributed by atoms with Crippen molar-refractivity contribution in [3.05, 3.63) is 70.5 Å². The molecule has 0 aromatic heterocycles. The number of hydrogen-bond donors (Lipinski definition) is 1.